The molecule has 32 heavy (non-hydrogen) atoms. The second-order valence-electron chi connectivity index (χ2n) is 7.46. The molecule has 5 aromatic rings. The van der Waals surface area contributed by atoms with Gasteiger partial charge in [-0.15, -0.1) is 0 Å². The molecule has 2 heterocycles. The van der Waals surface area contributed by atoms with Crippen molar-refractivity contribution in [1.29, 1.82) is 0 Å². The van der Waals surface area contributed by atoms with Gasteiger partial charge in [0.05, 0.1) is 17.1 Å². The first kappa shape index (κ1) is 20.5. The fraction of sp³-hybridized carbons (Fsp3) is 0.0800. The summed E-state index contributed by atoms with van der Waals surface area (Å²) in [6.45, 7) is 2.08. The Bertz CT molecular complexity index is 1400. The summed E-state index contributed by atoms with van der Waals surface area (Å²) in [5, 5.41) is 4.58. The fourth-order valence-corrected chi connectivity index (χ4v) is 4.17. The minimum atomic E-state index is 0.0737. The summed E-state index contributed by atoms with van der Waals surface area (Å²) in [5.74, 6) is 1.28. The van der Waals surface area contributed by atoms with Crippen molar-refractivity contribution >= 4 is 40.2 Å². The average molecular weight is 460 g/mol. The molecule has 0 bridgehead atoms. The lowest BCUT2D eigenvalue weighted by molar-refractivity contribution is 0.854. The van der Waals surface area contributed by atoms with Crippen molar-refractivity contribution in [2.75, 3.05) is 5.32 Å². The summed E-state index contributed by atoms with van der Waals surface area (Å²) < 4.78 is 1.95. The Morgan fingerprint density at radius 3 is 2.56 bits per heavy atom. The van der Waals surface area contributed by atoms with E-state index in [0.717, 1.165) is 28.0 Å². The molecule has 0 saturated heterocycles. The van der Waals surface area contributed by atoms with Crippen LogP contribution in [0.3, 0.4) is 0 Å². The SMILES string of the molecule is C[C@H](Nc1nccc(-n2cnc3ccc(-c4ccc(Cl)cc4Cl)cc32)n1)c1ccccc1. The zero-order valence-corrected chi connectivity index (χ0v) is 18.7. The Hall–Kier alpha value is -3.41. The Labute approximate surface area is 195 Å². The minimum Gasteiger partial charge on any atom is -0.348 e. The third-order valence-electron chi connectivity index (χ3n) is 5.32. The summed E-state index contributed by atoms with van der Waals surface area (Å²) in [5.41, 5.74) is 4.84. The van der Waals surface area contributed by atoms with Gasteiger partial charge in [-0.05, 0) is 48.4 Å². The van der Waals surface area contributed by atoms with Crippen molar-refractivity contribution in [3.05, 3.63) is 101 Å². The van der Waals surface area contributed by atoms with E-state index in [1.54, 1.807) is 18.6 Å². The number of halogens is 2. The van der Waals surface area contributed by atoms with Crippen LogP contribution in [-0.2, 0) is 0 Å². The number of hydrogen-bond acceptors (Lipinski definition) is 4. The zero-order chi connectivity index (χ0) is 22.1. The predicted molar refractivity (Wildman–Crippen MR) is 131 cm³/mol. The van der Waals surface area contributed by atoms with Gasteiger partial charge in [-0.3, -0.25) is 4.57 Å². The predicted octanol–water partition coefficient (Wildman–Crippen LogP) is 6.96. The summed E-state index contributed by atoms with van der Waals surface area (Å²) in [4.78, 5) is 13.6. The molecule has 2 aromatic heterocycles. The highest BCUT2D eigenvalue weighted by Gasteiger charge is 2.12. The summed E-state index contributed by atoms with van der Waals surface area (Å²) in [6.07, 6.45) is 3.51. The van der Waals surface area contributed by atoms with Crippen LogP contribution in [0.1, 0.15) is 18.5 Å². The van der Waals surface area contributed by atoms with E-state index in [9.17, 15) is 0 Å². The van der Waals surface area contributed by atoms with Gasteiger partial charge in [-0.1, -0.05) is 65.7 Å². The van der Waals surface area contributed by atoms with Gasteiger partial charge in [0.2, 0.25) is 5.95 Å². The second kappa shape index (κ2) is 8.61. The molecule has 0 radical (unpaired) electrons. The van der Waals surface area contributed by atoms with E-state index >= 15 is 0 Å². The first-order valence-corrected chi connectivity index (χ1v) is 10.9. The number of imidazole rings is 1. The number of hydrogen-bond donors (Lipinski definition) is 1. The highest BCUT2D eigenvalue weighted by atomic mass is 35.5. The average Bonchev–Trinajstić information content (AvgIpc) is 3.23. The smallest absolute Gasteiger partial charge is 0.225 e. The molecule has 0 unspecified atom stereocenters. The van der Waals surface area contributed by atoms with E-state index < -0.39 is 0 Å². The lowest BCUT2D eigenvalue weighted by Gasteiger charge is -2.14. The topological polar surface area (TPSA) is 55.6 Å². The van der Waals surface area contributed by atoms with Crippen LogP contribution in [0, 0.1) is 0 Å². The number of nitrogens with zero attached hydrogens (tertiary/aromatic N) is 4. The van der Waals surface area contributed by atoms with Crippen LogP contribution in [0.25, 0.3) is 28.0 Å². The van der Waals surface area contributed by atoms with Gasteiger partial charge in [-0.2, -0.15) is 4.98 Å². The van der Waals surface area contributed by atoms with Crippen LogP contribution in [0.5, 0.6) is 0 Å². The van der Waals surface area contributed by atoms with Gasteiger partial charge < -0.3 is 5.32 Å². The molecule has 3 aromatic carbocycles. The maximum absolute atomic E-state index is 6.43. The van der Waals surface area contributed by atoms with Gasteiger partial charge in [0, 0.05) is 21.8 Å². The number of rotatable bonds is 5. The molecule has 0 spiro atoms. The third-order valence-corrected chi connectivity index (χ3v) is 5.87. The van der Waals surface area contributed by atoms with Crippen molar-refractivity contribution in [3.8, 4) is 16.9 Å². The molecule has 0 fully saturated rings. The summed E-state index contributed by atoms with van der Waals surface area (Å²) in [7, 11) is 0. The lowest BCUT2D eigenvalue weighted by atomic mass is 10.1. The van der Waals surface area contributed by atoms with Crippen LogP contribution in [0.15, 0.2) is 85.3 Å². The summed E-state index contributed by atoms with van der Waals surface area (Å²) >= 11 is 12.5. The van der Waals surface area contributed by atoms with Crippen LogP contribution >= 0.6 is 23.2 Å². The standard InChI is InChI=1S/C25H19Cl2N5/c1-16(17-5-3-2-4-6-17)30-25-28-12-11-24(31-25)32-15-29-22-10-7-18(13-23(22)32)20-9-8-19(26)14-21(20)27/h2-16H,1H3,(H,28,30,31)/t16-/m0/s1. The normalized spacial score (nSPS) is 12.1. The van der Waals surface area contributed by atoms with Gasteiger partial charge in [0.1, 0.15) is 12.1 Å². The zero-order valence-electron chi connectivity index (χ0n) is 17.2. The molecule has 0 saturated carbocycles. The number of nitrogens with one attached hydrogen (secondary N) is 1. The summed E-state index contributed by atoms with van der Waals surface area (Å²) in [6, 6.07) is 23.7. The van der Waals surface area contributed by atoms with E-state index in [2.05, 4.69) is 40.4 Å². The Kier molecular flexibility index (Phi) is 5.52. The molecule has 0 aliphatic rings. The number of benzene rings is 3. The maximum Gasteiger partial charge on any atom is 0.225 e. The van der Waals surface area contributed by atoms with Crippen molar-refractivity contribution < 1.29 is 0 Å². The quantitative estimate of drug-likeness (QED) is 0.308. The van der Waals surface area contributed by atoms with E-state index in [0.29, 0.717) is 16.0 Å². The monoisotopic (exact) mass is 459 g/mol. The molecule has 0 aliphatic carbocycles. The molecule has 0 amide bonds. The van der Waals surface area contributed by atoms with E-state index in [4.69, 9.17) is 28.2 Å². The van der Waals surface area contributed by atoms with Crippen LogP contribution in [-0.4, -0.2) is 19.5 Å². The third kappa shape index (κ3) is 4.05. The van der Waals surface area contributed by atoms with Gasteiger partial charge in [-0.25, -0.2) is 9.97 Å². The van der Waals surface area contributed by atoms with Crippen molar-refractivity contribution in [2.24, 2.45) is 0 Å². The molecule has 7 heteroatoms. The molecular formula is C25H19Cl2N5. The largest absolute Gasteiger partial charge is 0.348 e. The van der Waals surface area contributed by atoms with Crippen molar-refractivity contribution in [3.63, 3.8) is 0 Å². The molecule has 5 nitrogen and oxygen atoms in total. The molecule has 5 rings (SSSR count). The van der Waals surface area contributed by atoms with E-state index in [1.165, 1.54) is 5.56 Å². The second-order valence-corrected chi connectivity index (χ2v) is 8.30. The van der Waals surface area contributed by atoms with Gasteiger partial charge in [0.15, 0.2) is 0 Å². The maximum atomic E-state index is 6.43. The number of aromatic nitrogens is 4. The van der Waals surface area contributed by atoms with Crippen LogP contribution in [0.4, 0.5) is 5.95 Å². The first-order chi connectivity index (χ1) is 15.6. The van der Waals surface area contributed by atoms with E-state index in [1.807, 2.05) is 53.1 Å². The highest BCUT2D eigenvalue weighted by Crippen LogP contribution is 2.32. The van der Waals surface area contributed by atoms with Gasteiger partial charge >= 0.3 is 0 Å². The fourth-order valence-electron chi connectivity index (χ4n) is 3.65. The Morgan fingerprint density at radius 2 is 1.75 bits per heavy atom. The first-order valence-electron chi connectivity index (χ1n) is 10.2. The number of fused-ring (bicyclic) bond motifs is 1. The lowest BCUT2D eigenvalue weighted by Crippen LogP contribution is -2.10. The molecule has 1 atom stereocenters. The highest BCUT2D eigenvalue weighted by molar-refractivity contribution is 6.36. The molecular weight excluding hydrogens is 441 g/mol. The van der Waals surface area contributed by atoms with E-state index in [-0.39, 0.29) is 6.04 Å². The molecule has 158 valence electrons. The van der Waals surface area contributed by atoms with Gasteiger partial charge in [0.25, 0.3) is 0 Å². The van der Waals surface area contributed by atoms with Crippen LogP contribution in [0.2, 0.25) is 10.0 Å². The molecule has 1 N–H and O–H groups in total. The van der Waals surface area contributed by atoms with Crippen molar-refractivity contribution in [2.45, 2.75) is 13.0 Å². The number of anilines is 1. The minimum absolute atomic E-state index is 0.0737. The Morgan fingerprint density at radius 1 is 0.906 bits per heavy atom. The van der Waals surface area contributed by atoms with Crippen molar-refractivity contribution in [1.82, 2.24) is 19.5 Å². The molecule has 0 aliphatic heterocycles. The van der Waals surface area contributed by atoms with Crippen LogP contribution < -0.4 is 5.32 Å². The Balaban J connectivity index is 1.50.